The predicted molar refractivity (Wildman–Crippen MR) is 68.7 cm³/mol. The predicted octanol–water partition coefficient (Wildman–Crippen LogP) is 4.52. The van der Waals surface area contributed by atoms with Crippen LogP contribution in [0, 0.1) is 0 Å². The molecule has 0 saturated heterocycles. The zero-order chi connectivity index (χ0) is 10.4. The van der Waals surface area contributed by atoms with Gasteiger partial charge in [-0.3, -0.25) is 0 Å². The van der Waals surface area contributed by atoms with Crippen LogP contribution in [0.1, 0.15) is 0 Å². The summed E-state index contributed by atoms with van der Waals surface area (Å²) in [6, 6.07) is 11.7. The third-order valence-corrected chi connectivity index (χ3v) is 4.58. The summed E-state index contributed by atoms with van der Waals surface area (Å²) >= 11 is 5.22. The first-order valence-corrected chi connectivity index (χ1v) is 6.17. The van der Waals surface area contributed by atoms with Crippen molar-refractivity contribution in [1.29, 1.82) is 0 Å². The summed E-state index contributed by atoms with van der Waals surface area (Å²) in [5.74, 6) is 0.358. The van der Waals surface area contributed by atoms with E-state index in [1.807, 2.05) is 30.3 Å². The molecule has 1 heterocycles. The van der Waals surface area contributed by atoms with Gasteiger partial charge < -0.3 is 5.11 Å². The topological polar surface area (TPSA) is 20.2 Å². The zero-order valence-electron chi connectivity index (χ0n) is 7.70. The Labute approximate surface area is 99.1 Å². The lowest BCUT2D eigenvalue weighted by Crippen LogP contribution is -1.68. The molecule has 1 N–H and O–H groups in total. The first-order chi connectivity index (χ1) is 7.27. The average molecular weight is 279 g/mol. The number of fused-ring (bicyclic) bond motifs is 3. The smallest absolute Gasteiger partial charge is 0.124 e. The van der Waals surface area contributed by atoms with Crippen LogP contribution in [0.4, 0.5) is 0 Å². The Morgan fingerprint density at radius 3 is 2.73 bits per heavy atom. The number of thiophene rings is 1. The number of halogens is 1. The second-order valence-corrected chi connectivity index (χ2v) is 5.28. The highest BCUT2D eigenvalue weighted by molar-refractivity contribution is 9.10. The Morgan fingerprint density at radius 2 is 1.87 bits per heavy atom. The minimum absolute atomic E-state index is 0.358. The molecule has 0 aliphatic rings. The Kier molecular flexibility index (Phi) is 1.97. The molecule has 0 radical (unpaired) electrons. The first-order valence-electron chi connectivity index (χ1n) is 4.56. The molecule has 0 fully saturated rings. The second-order valence-electron chi connectivity index (χ2n) is 3.37. The molecule has 1 nitrogen and oxygen atoms in total. The van der Waals surface area contributed by atoms with Crippen LogP contribution in [0.25, 0.3) is 20.2 Å². The van der Waals surface area contributed by atoms with Crippen molar-refractivity contribution in [3.63, 3.8) is 0 Å². The molecule has 0 saturated carbocycles. The first kappa shape index (κ1) is 9.19. The van der Waals surface area contributed by atoms with Crippen molar-refractivity contribution in [2.75, 3.05) is 0 Å². The molecule has 74 valence electrons. The maximum Gasteiger partial charge on any atom is 0.124 e. The fraction of sp³-hybridized carbons (Fsp3) is 0. The average Bonchev–Trinajstić information content (AvgIpc) is 2.59. The lowest BCUT2D eigenvalue weighted by Gasteiger charge is -1.95. The summed E-state index contributed by atoms with van der Waals surface area (Å²) in [4.78, 5) is 0. The summed E-state index contributed by atoms with van der Waals surface area (Å²) in [5.41, 5.74) is 0. The van der Waals surface area contributed by atoms with Crippen LogP contribution in [0.5, 0.6) is 5.75 Å². The summed E-state index contributed by atoms with van der Waals surface area (Å²) < 4.78 is 3.39. The van der Waals surface area contributed by atoms with Gasteiger partial charge in [0.2, 0.25) is 0 Å². The molecule has 0 bridgehead atoms. The second kappa shape index (κ2) is 3.22. The standard InChI is InChI=1S/C12H7BrOS/c13-8-4-1-3-7-11-9(14)5-2-6-10(11)15-12(7)8/h1-6,14H. The van der Waals surface area contributed by atoms with Gasteiger partial charge in [-0.2, -0.15) is 0 Å². The third-order valence-electron chi connectivity index (χ3n) is 2.45. The normalized spacial score (nSPS) is 11.3. The summed E-state index contributed by atoms with van der Waals surface area (Å²) in [6.07, 6.45) is 0. The Balaban J connectivity index is 2.65. The van der Waals surface area contributed by atoms with E-state index in [9.17, 15) is 5.11 Å². The molecule has 0 unspecified atom stereocenters. The van der Waals surface area contributed by atoms with Crippen molar-refractivity contribution < 1.29 is 5.11 Å². The zero-order valence-corrected chi connectivity index (χ0v) is 10.1. The Hall–Kier alpha value is -1.06. The minimum Gasteiger partial charge on any atom is -0.507 e. The SMILES string of the molecule is Oc1cccc2sc3c(Br)cccc3c12. The molecule has 15 heavy (non-hydrogen) atoms. The number of aromatic hydroxyl groups is 1. The molecule has 1 aromatic heterocycles. The van der Waals surface area contributed by atoms with E-state index < -0.39 is 0 Å². The molecule has 0 atom stereocenters. The third kappa shape index (κ3) is 1.27. The van der Waals surface area contributed by atoms with Crippen LogP contribution in [0.15, 0.2) is 40.9 Å². The minimum atomic E-state index is 0.358. The van der Waals surface area contributed by atoms with Crippen molar-refractivity contribution in [2.24, 2.45) is 0 Å². The maximum absolute atomic E-state index is 9.84. The van der Waals surface area contributed by atoms with E-state index in [0.717, 1.165) is 19.9 Å². The van der Waals surface area contributed by atoms with E-state index >= 15 is 0 Å². The van der Waals surface area contributed by atoms with Gasteiger partial charge in [-0.15, -0.1) is 11.3 Å². The van der Waals surface area contributed by atoms with E-state index in [2.05, 4.69) is 15.9 Å². The van der Waals surface area contributed by atoms with Crippen LogP contribution in [-0.2, 0) is 0 Å². The quantitative estimate of drug-likeness (QED) is 0.641. The number of hydrogen-bond donors (Lipinski definition) is 1. The molecular formula is C12H7BrOS. The maximum atomic E-state index is 9.84. The van der Waals surface area contributed by atoms with Crippen LogP contribution >= 0.6 is 27.3 Å². The number of benzene rings is 2. The molecule has 0 spiro atoms. The van der Waals surface area contributed by atoms with Crippen LogP contribution in [0.2, 0.25) is 0 Å². The molecule has 3 rings (SSSR count). The van der Waals surface area contributed by atoms with E-state index in [4.69, 9.17) is 0 Å². The number of phenols is 1. The van der Waals surface area contributed by atoms with Crippen molar-refractivity contribution in [1.82, 2.24) is 0 Å². The van der Waals surface area contributed by atoms with E-state index in [0.29, 0.717) is 5.75 Å². The molecule has 3 aromatic rings. The summed E-state index contributed by atoms with van der Waals surface area (Å²) in [6.45, 7) is 0. The lowest BCUT2D eigenvalue weighted by atomic mass is 10.1. The summed E-state index contributed by atoms with van der Waals surface area (Å²) in [7, 11) is 0. The van der Waals surface area contributed by atoms with Gasteiger partial charge in [0.05, 0.1) is 0 Å². The molecule has 2 aromatic carbocycles. The monoisotopic (exact) mass is 278 g/mol. The van der Waals surface area contributed by atoms with Crippen molar-refractivity contribution >= 4 is 47.4 Å². The fourth-order valence-corrected chi connectivity index (χ4v) is 3.53. The molecular weight excluding hydrogens is 272 g/mol. The number of phenolic OH excluding ortho intramolecular Hbond substituents is 1. The van der Waals surface area contributed by atoms with Gasteiger partial charge in [0.1, 0.15) is 5.75 Å². The van der Waals surface area contributed by atoms with Gasteiger partial charge in [-0.05, 0) is 34.1 Å². The van der Waals surface area contributed by atoms with E-state index in [1.54, 1.807) is 17.4 Å². The van der Waals surface area contributed by atoms with Gasteiger partial charge in [0.25, 0.3) is 0 Å². The van der Waals surface area contributed by atoms with Crippen molar-refractivity contribution in [3.8, 4) is 5.75 Å². The molecule has 0 aliphatic heterocycles. The van der Waals surface area contributed by atoms with Gasteiger partial charge in [0, 0.05) is 24.6 Å². The molecule has 3 heteroatoms. The van der Waals surface area contributed by atoms with Gasteiger partial charge in [-0.1, -0.05) is 18.2 Å². The fourth-order valence-electron chi connectivity index (χ4n) is 1.79. The van der Waals surface area contributed by atoms with Crippen molar-refractivity contribution in [2.45, 2.75) is 0 Å². The van der Waals surface area contributed by atoms with Crippen molar-refractivity contribution in [3.05, 3.63) is 40.9 Å². The highest BCUT2D eigenvalue weighted by Crippen LogP contribution is 2.41. The van der Waals surface area contributed by atoms with Crippen LogP contribution in [0.3, 0.4) is 0 Å². The lowest BCUT2D eigenvalue weighted by molar-refractivity contribution is 0.482. The van der Waals surface area contributed by atoms with Crippen LogP contribution in [-0.4, -0.2) is 5.11 Å². The Morgan fingerprint density at radius 1 is 1.07 bits per heavy atom. The van der Waals surface area contributed by atoms with E-state index in [1.165, 1.54) is 4.70 Å². The molecule has 0 amide bonds. The highest BCUT2D eigenvalue weighted by atomic mass is 79.9. The van der Waals surface area contributed by atoms with Crippen LogP contribution < -0.4 is 0 Å². The Bertz CT molecular complexity index is 657. The summed E-state index contributed by atoms with van der Waals surface area (Å²) in [5, 5.41) is 11.9. The van der Waals surface area contributed by atoms with E-state index in [-0.39, 0.29) is 0 Å². The largest absolute Gasteiger partial charge is 0.507 e. The van der Waals surface area contributed by atoms with Gasteiger partial charge in [0.15, 0.2) is 0 Å². The highest BCUT2D eigenvalue weighted by Gasteiger charge is 2.09. The molecule has 0 aliphatic carbocycles. The van der Waals surface area contributed by atoms with Gasteiger partial charge >= 0.3 is 0 Å². The number of rotatable bonds is 0. The number of hydrogen-bond acceptors (Lipinski definition) is 2. The van der Waals surface area contributed by atoms with Gasteiger partial charge in [-0.25, -0.2) is 0 Å².